The van der Waals surface area contributed by atoms with E-state index in [2.05, 4.69) is 10.6 Å². The van der Waals surface area contributed by atoms with Crippen LogP contribution in [0.25, 0.3) is 0 Å². The van der Waals surface area contributed by atoms with E-state index in [0.29, 0.717) is 12.8 Å². The maximum absolute atomic E-state index is 13.0. The number of hydrogen-bond acceptors (Lipinski definition) is 5. The van der Waals surface area contributed by atoms with E-state index in [0.717, 1.165) is 22.1 Å². The summed E-state index contributed by atoms with van der Waals surface area (Å²) in [4.78, 5) is 48.9. The number of benzene rings is 2. The molecule has 1 fully saturated rings. The summed E-state index contributed by atoms with van der Waals surface area (Å²) in [7, 11) is 0. The monoisotopic (exact) mass is 414 g/mol. The molecule has 1 atom stereocenters. The van der Waals surface area contributed by atoms with Crippen molar-refractivity contribution < 1.29 is 19.3 Å². The molecule has 0 radical (unpaired) electrons. The van der Waals surface area contributed by atoms with Crippen LogP contribution in [0.2, 0.25) is 5.02 Å². The fourth-order valence-corrected chi connectivity index (χ4v) is 4.01. The van der Waals surface area contributed by atoms with Crippen molar-refractivity contribution in [1.29, 1.82) is 0 Å². The number of nitro groups is 1. The molecule has 0 aromatic heterocycles. The minimum Gasteiger partial charge on any atom is -0.323 e. The maximum Gasteiger partial charge on any atom is 0.325 e. The highest BCUT2D eigenvalue weighted by atomic mass is 35.5. The fraction of sp³-hybridized carbons (Fsp3) is 0.211. The number of anilines is 1. The first-order valence-corrected chi connectivity index (χ1v) is 9.16. The first kappa shape index (κ1) is 18.9. The normalized spacial score (nSPS) is 20.0. The summed E-state index contributed by atoms with van der Waals surface area (Å²) in [6.45, 7) is -0.498. The van der Waals surface area contributed by atoms with Gasteiger partial charge in [0, 0.05) is 12.1 Å². The number of carbonyl (C=O) groups is 3. The van der Waals surface area contributed by atoms with Crippen LogP contribution >= 0.6 is 11.6 Å². The second-order valence-corrected chi connectivity index (χ2v) is 7.26. The van der Waals surface area contributed by atoms with Gasteiger partial charge in [-0.25, -0.2) is 4.79 Å². The Labute approximate surface area is 169 Å². The molecule has 1 aliphatic carbocycles. The van der Waals surface area contributed by atoms with Crippen molar-refractivity contribution in [1.82, 2.24) is 10.2 Å². The number of carbonyl (C=O) groups excluding carboxylic acids is 3. The molecule has 1 saturated heterocycles. The molecule has 10 heteroatoms. The van der Waals surface area contributed by atoms with Crippen LogP contribution in [-0.4, -0.2) is 34.2 Å². The van der Waals surface area contributed by atoms with Gasteiger partial charge in [-0.1, -0.05) is 35.9 Å². The minimum atomic E-state index is -1.14. The molecule has 0 unspecified atom stereocenters. The van der Waals surface area contributed by atoms with Gasteiger partial charge >= 0.3 is 6.03 Å². The summed E-state index contributed by atoms with van der Waals surface area (Å²) in [6, 6.07) is 10.3. The van der Waals surface area contributed by atoms with Crippen molar-refractivity contribution in [2.75, 3.05) is 11.9 Å². The largest absolute Gasteiger partial charge is 0.325 e. The molecular formula is C19H15ClN4O5. The van der Waals surface area contributed by atoms with Crippen LogP contribution in [0, 0.1) is 10.1 Å². The molecule has 2 aromatic carbocycles. The van der Waals surface area contributed by atoms with Gasteiger partial charge < -0.3 is 10.6 Å². The van der Waals surface area contributed by atoms with Gasteiger partial charge in [-0.05, 0) is 30.0 Å². The third-order valence-corrected chi connectivity index (χ3v) is 5.47. The summed E-state index contributed by atoms with van der Waals surface area (Å²) in [5, 5.41) is 16.0. The van der Waals surface area contributed by atoms with Gasteiger partial charge in [0.2, 0.25) is 5.91 Å². The third kappa shape index (κ3) is 3.09. The van der Waals surface area contributed by atoms with Crippen LogP contribution in [0.5, 0.6) is 0 Å². The lowest BCUT2D eigenvalue weighted by atomic mass is 9.92. The zero-order valence-corrected chi connectivity index (χ0v) is 15.7. The highest BCUT2D eigenvalue weighted by molar-refractivity contribution is 6.34. The van der Waals surface area contributed by atoms with Gasteiger partial charge in [-0.3, -0.25) is 24.6 Å². The Morgan fingerprint density at radius 1 is 1.28 bits per heavy atom. The van der Waals surface area contributed by atoms with Crippen molar-refractivity contribution in [3.05, 3.63) is 68.7 Å². The van der Waals surface area contributed by atoms with Crippen LogP contribution in [-0.2, 0) is 21.5 Å². The van der Waals surface area contributed by atoms with Crippen molar-refractivity contribution in [2.45, 2.75) is 18.4 Å². The first-order valence-electron chi connectivity index (χ1n) is 8.78. The molecule has 4 rings (SSSR count). The summed E-state index contributed by atoms with van der Waals surface area (Å²) in [5.41, 5.74) is 0.530. The Kier molecular flexibility index (Phi) is 4.46. The van der Waals surface area contributed by atoms with Crippen LogP contribution < -0.4 is 10.6 Å². The predicted molar refractivity (Wildman–Crippen MR) is 103 cm³/mol. The first-order chi connectivity index (χ1) is 13.8. The smallest absolute Gasteiger partial charge is 0.323 e. The fourth-order valence-electron chi connectivity index (χ4n) is 3.79. The summed E-state index contributed by atoms with van der Waals surface area (Å²) < 4.78 is 0. The number of rotatable bonds is 4. The summed E-state index contributed by atoms with van der Waals surface area (Å²) in [5.74, 6) is -1.12. The van der Waals surface area contributed by atoms with Gasteiger partial charge in [0.1, 0.15) is 12.1 Å². The zero-order valence-electron chi connectivity index (χ0n) is 15.0. The summed E-state index contributed by atoms with van der Waals surface area (Å²) >= 11 is 5.97. The van der Waals surface area contributed by atoms with Crippen molar-refractivity contribution >= 4 is 40.8 Å². The van der Waals surface area contributed by atoms with Crippen LogP contribution in [0.15, 0.2) is 42.5 Å². The number of urea groups is 1. The Balaban J connectivity index is 1.50. The van der Waals surface area contributed by atoms with E-state index in [9.17, 15) is 24.5 Å². The number of fused-ring (bicyclic) bond motifs is 2. The SMILES string of the molecule is O=C(CN1C(=O)N[C@]2(CCc3ccccc32)C1=O)Nc1ccc([N+](=O)[O-])cc1Cl. The number of nitro benzene ring substituents is 1. The molecule has 2 aromatic rings. The van der Waals surface area contributed by atoms with E-state index in [1.165, 1.54) is 12.1 Å². The van der Waals surface area contributed by atoms with E-state index in [1.54, 1.807) is 12.1 Å². The lowest BCUT2D eigenvalue weighted by molar-refractivity contribution is -0.384. The molecule has 29 heavy (non-hydrogen) atoms. The molecule has 2 N–H and O–H groups in total. The molecule has 1 spiro atoms. The number of halogens is 1. The summed E-state index contributed by atoms with van der Waals surface area (Å²) in [6.07, 6.45) is 1.09. The van der Waals surface area contributed by atoms with Gasteiger partial charge in [-0.2, -0.15) is 0 Å². The van der Waals surface area contributed by atoms with E-state index in [4.69, 9.17) is 11.6 Å². The quantitative estimate of drug-likeness (QED) is 0.452. The Morgan fingerprint density at radius 2 is 2.03 bits per heavy atom. The number of nitrogens with zero attached hydrogens (tertiary/aromatic N) is 2. The zero-order chi connectivity index (χ0) is 20.8. The van der Waals surface area contributed by atoms with Gasteiger partial charge in [-0.15, -0.1) is 0 Å². The van der Waals surface area contributed by atoms with Crippen LogP contribution in [0.1, 0.15) is 17.5 Å². The van der Waals surface area contributed by atoms with Crippen LogP contribution in [0.3, 0.4) is 0 Å². The van der Waals surface area contributed by atoms with E-state index < -0.39 is 34.9 Å². The number of nitrogens with one attached hydrogen (secondary N) is 2. The minimum absolute atomic E-state index is 0.0223. The third-order valence-electron chi connectivity index (χ3n) is 5.16. The average molecular weight is 415 g/mol. The van der Waals surface area contributed by atoms with E-state index >= 15 is 0 Å². The predicted octanol–water partition coefficient (Wildman–Crippen LogP) is 2.58. The van der Waals surface area contributed by atoms with Gasteiger partial charge in [0.05, 0.1) is 15.6 Å². The molecule has 0 bridgehead atoms. The highest BCUT2D eigenvalue weighted by Crippen LogP contribution is 2.41. The van der Waals surface area contributed by atoms with E-state index in [-0.39, 0.29) is 16.4 Å². The Bertz CT molecular complexity index is 1070. The molecule has 0 saturated carbocycles. The van der Waals surface area contributed by atoms with Gasteiger partial charge in [0.15, 0.2) is 0 Å². The maximum atomic E-state index is 13.0. The number of aryl methyl sites for hydroxylation is 1. The molecule has 1 heterocycles. The average Bonchev–Trinajstić information content (AvgIpc) is 3.17. The lowest BCUT2D eigenvalue weighted by Gasteiger charge is -2.22. The van der Waals surface area contributed by atoms with Crippen molar-refractivity contribution in [3.63, 3.8) is 0 Å². The molecular weight excluding hydrogens is 400 g/mol. The molecule has 4 amide bonds. The topological polar surface area (TPSA) is 122 Å². The second kappa shape index (κ2) is 6.85. The van der Waals surface area contributed by atoms with Gasteiger partial charge in [0.25, 0.3) is 11.6 Å². The van der Waals surface area contributed by atoms with Crippen molar-refractivity contribution in [3.8, 4) is 0 Å². The lowest BCUT2D eigenvalue weighted by Crippen LogP contribution is -2.43. The Morgan fingerprint density at radius 3 is 2.76 bits per heavy atom. The van der Waals surface area contributed by atoms with Crippen molar-refractivity contribution in [2.24, 2.45) is 0 Å². The molecule has 148 valence electrons. The number of hydrogen-bond donors (Lipinski definition) is 2. The molecule has 1 aliphatic heterocycles. The second-order valence-electron chi connectivity index (χ2n) is 6.85. The Hall–Kier alpha value is -3.46. The number of amides is 4. The van der Waals surface area contributed by atoms with E-state index in [1.807, 2.05) is 12.1 Å². The molecule has 2 aliphatic rings. The van der Waals surface area contributed by atoms with Crippen LogP contribution in [0.4, 0.5) is 16.2 Å². The molecule has 9 nitrogen and oxygen atoms in total. The number of imide groups is 1. The number of non-ortho nitro benzene ring substituents is 1. The standard InChI is InChI=1S/C19H15ClN4O5/c20-14-9-12(24(28)29)5-6-15(14)21-16(25)10-23-17(26)19(22-18(23)27)8-7-11-3-1-2-4-13(11)19/h1-6,9H,7-8,10H2,(H,21,25)(H,22,27)/t19-/m0/s1. The highest BCUT2D eigenvalue weighted by Gasteiger charge is 2.55.